The van der Waals surface area contributed by atoms with Gasteiger partial charge < -0.3 is 5.21 Å². The molecule has 2 rings (SSSR count). The lowest BCUT2D eigenvalue weighted by molar-refractivity contribution is -0.195. The number of hydroxylamine groups is 2. The van der Waals surface area contributed by atoms with E-state index in [2.05, 4.69) is 13.8 Å². The first-order valence-electron chi connectivity index (χ1n) is 6.14. The first-order chi connectivity index (χ1) is 6.66. The first kappa shape index (κ1) is 12.0. The molecule has 0 aromatic heterocycles. The van der Waals surface area contributed by atoms with Crippen LogP contribution in [-0.2, 0) is 0 Å². The van der Waals surface area contributed by atoms with Crippen molar-refractivity contribution in [3.8, 4) is 0 Å². The third-order valence-electron chi connectivity index (χ3n) is 3.52. The van der Waals surface area contributed by atoms with E-state index in [1.54, 1.807) is 5.06 Å². The second kappa shape index (κ2) is 5.13. The summed E-state index contributed by atoms with van der Waals surface area (Å²) in [5, 5.41) is 11.3. The van der Waals surface area contributed by atoms with Crippen LogP contribution in [-0.4, -0.2) is 22.4 Å². The van der Waals surface area contributed by atoms with E-state index in [-0.39, 0.29) is 0 Å². The Labute approximate surface area is 88.3 Å². The average Bonchev–Trinajstić information content (AvgIpc) is 2.17. The van der Waals surface area contributed by atoms with Crippen LogP contribution in [0.25, 0.3) is 0 Å². The Morgan fingerprint density at radius 2 is 1.64 bits per heavy atom. The van der Waals surface area contributed by atoms with Crippen molar-refractivity contribution < 1.29 is 5.21 Å². The molecule has 2 heteroatoms. The van der Waals surface area contributed by atoms with Crippen molar-refractivity contribution in [2.24, 2.45) is 11.8 Å². The summed E-state index contributed by atoms with van der Waals surface area (Å²) in [6, 6.07) is 0.851. The molecule has 1 N–H and O–H groups in total. The maximum Gasteiger partial charge on any atom is 0.0358 e. The Balaban J connectivity index is 0.000000461. The topological polar surface area (TPSA) is 23.5 Å². The van der Waals surface area contributed by atoms with Gasteiger partial charge in [-0.3, -0.25) is 0 Å². The molecule has 1 saturated heterocycles. The highest BCUT2D eigenvalue weighted by Crippen LogP contribution is 2.39. The minimum absolute atomic E-state index is 0.390. The molecule has 1 heterocycles. The van der Waals surface area contributed by atoms with Gasteiger partial charge in [0, 0.05) is 12.1 Å². The fourth-order valence-corrected chi connectivity index (χ4v) is 3.07. The standard InChI is InChI=1S/C10H19NO.C2H6/c1-7-3-9-5-8(2)11(12)10(4-7)6-9;1-2/h7-10,12H,3-6H2,1-2H3;1-2H3. The van der Waals surface area contributed by atoms with Crippen LogP contribution in [0.5, 0.6) is 0 Å². The minimum atomic E-state index is 0.390. The van der Waals surface area contributed by atoms with Gasteiger partial charge in [0.05, 0.1) is 0 Å². The van der Waals surface area contributed by atoms with Crippen LogP contribution >= 0.6 is 0 Å². The van der Waals surface area contributed by atoms with Crippen LogP contribution in [0.15, 0.2) is 0 Å². The number of fused-ring (bicyclic) bond motifs is 2. The van der Waals surface area contributed by atoms with Gasteiger partial charge in [0.25, 0.3) is 0 Å². The lowest BCUT2D eigenvalue weighted by Gasteiger charge is -2.45. The molecule has 0 radical (unpaired) electrons. The normalized spacial score (nSPS) is 42.6. The quantitative estimate of drug-likeness (QED) is 0.647. The van der Waals surface area contributed by atoms with Gasteiger partial charge in [0.2, 0.25) is 0 Å². The fourth-order valence-electron chi connectivity index (χ4n) is 3.07. The van der Waals surface area contributed by atoms with Gasteiger partial charge in [-0.05, 0) is 44.4 Å². The van der Waals surface area contributed by atoms with Gasteiger partial charge in [0.15, 0.2) is 0 Å². The maximum atomic E-state index is 9.74. The average molecular weight is 199 g/mol. The molecular formula is C12H25NO. The van der Waals surface area contributed by atoms with E-state index in [9.17, 15) is 5.21 Å². The smallest absolute Gasteiger partial charge is 0.0358 e. The van der Waals surface area contributed by atoms with Crippen LogP contribution in [0.3, 0.4) is 0 Å². The molecule has 2 fully saturated rings. The van der Waals surface area contributed by atoms with E-state index in [1.165, 1.54) is 25.7 Å². The molecular weight excluding hydrogens is 174 g/mol. The van der Waals surface area contributed by atoms with Crippen LogP contribution in [0.2, 0.25) is 0 Å². The molecule has 0 aromatic carbocycles. The van der Waals surface area contributed by atoms with E-state index in [0.717, 1.165) is 11.8 Å². The monoisotopic (exact) mass is 199 g/mol. The van der Waals surface area contributed by atoms with Crippen molar-refractivity contribution in [2.75, 3.05) is 0 Å². The van der Waals surface area contributed by atoms with Gasteiger partial charge in [-0.25, -0.2) is 0 Å². The van der Waals surface area contributed by atoms with E-state index in [0.29, 0.717) is 12.1 Å². The van der Waals surface area contributed by atoms with Gasteiger partial charge in [0.1, 0.15) is 0 Å². The molecule has 1 saturated carbocycles. The predicted molar refractivity (Wildman–Crippen MR) is 59.3 cm³/mol. The molecule has 1 aliphatic heterocycles. The summed E-state index contributed by atoms with van der Waals surface area (Å²) in [6.07, 6.45) is 4.99. The summed E-state index contributed by atoms with van der Waals surface area (Å²) in [5.41, 5.74) is 0. The molecule has 4 unspecified atom stereocenters. The summed E-state index contributed by atoms with van der Waals surface area (Å²) in [4.78, 5) is 0. The molecule has 0 spiro atoms. The third-order valence-corrected chi connectivity index (χ3v) is 3.52. The van der Waals surface area contributed by atoms with Crippen molar-refractivity contribution in [3.63, 3.8) is 0 Å². The summed E-state index contributed by atoms with van der Waals surface area (Å²) >= 11 is 0. The zero-order valence-electron chi connectivity index (χ0n) is 10.0. The second-order valence-corrected chi connectivity index (χ2v) is 4.80. The van der Waals surface area contributed by atoms with Crippen LogP contribution in [0.4, 0.5) is 0 Å². The van der Waals surface area contributed by atoms with Crippen LogP contribution < -0.4 is 0 Å². The van der Waals surface area contributed by atoms with Crippen molar-refractivity contribution >= 4 is 0 Å². The van der Waals surface area contributed by atoms with Gasteiger partial charge in [-0.2, -0.15) is 5.06 Å². The highest BCUT2D eigenvalue weighted by atomic mass is 16.5. The van der Waals surface area contributed by atoms with Gasteiger partial charge in [-0.1, -0.05) is 20.8 Å². The number of piperidine rings is 1. The van der Waals surface area contributed by atoms with Crippen LogP contribution in [0.1, 0.15) is 53.4 Å². The molecule has 2 aliphatic rings. The molecule has 2 bridgehead atoms. The number of nitrogens with zero attached hydrogens (tertiary/aromatic N) is 1. The Morgan fingerprint density at radius 3 is 2.29 bits per heavy atom. The molecule has 14 heavy (non-hydrogen) atoms. The summed E-state index contributed by atoms with van der Waals surface area (Å²) < 4.78 is 0. The van der Waals surface area contributed by atoms with E-state index in [4.69, 9.17) is 0 Å². The number of hydrogen-bond donors (Lipinski definition) is 1. The van der Waals surface area contributed by atoms with Crippen molar-refractivity contribution in [3.05, 3.63) is 0 Å². The molecule has 4 atom stereocenters. The van der Waals surface area contributed by atoms with E-state index >= 15 is 0 Å². The van der Waals surface area contributed by atoms with Crippen molar-refractivity contribution in [1.82, 2.24) is 5.06 Å². The zero-order valence-corrected chi connectivity index (χ0v) is 10.0. The Hall–Kier alpha value is -0.0800. The summed E-state index contributed by atoms with van der Waals surface area (Å²) in [7, 11) is 0. The lowest BCUT2D eigenvalue weighted by Crippen LogP contribution is -2.49. The maximum absolute atomic E-state index is 9.74. The number of rotatable bonds is 0. The highest BCUT2D eigenvalue weighted by Gasteiger charge is 2.37. The molecule has 2 nitrogen and oxygen atoms in total. The fraction of sp³-hybridized carbons (Fsp3) is 1.00. The predicted octanol–water partition coefficient (Wildman–Crippen LogP) is 3.30. The first-order valence-corrected chi connectivity index (χ1v) is 6.14. The number of hydrogen-bond acceptors (Lipinski definition) is 2. The highest BCUT2D eigenvalue weighted by molar-refractivity contribution is 4.88. The van der Waals surface area contributed by atoms with Gasteiger partial charge >= 0.3 is 0 Å². The molecule has 0 aromatic rings. The Bertz CT molecular complexity index is 168. The van der Waals surface area contributed by atoms with Gasteiger partial charge in [-0.15, -0.1) is 0 Å². The summed E-state index contributed by atoms with van der Waals surface area (Å²) in [6.45, 7) is 8.44. The molecule has 0 amide bonds. The van der Waals surface area contributed by atoms with E-state index in [1.807, 2.05) is 13.8 Å². The largest absolute Gasteiger partial charge is 0.313 e. The second-order valence-electron chi connectivity index (χ2n) is 4.80. The summed E-state index contributed by atoms with van der Waals surface area (Å²) in [5.74, 6) is 1.70. The Morgan fingerprint density at radius 1 is 1.00 bits per heavy atom. The third kappa shape index (κ3) is 2.48. The van der Waals surface area contributed by atoms with Crippen molar-refractivity contribution in [1.29, 1.82) is 0 Å². The van der Waals surface area contributed by atoms with Crippen LogP contribution in [0, 0.1) is 11.8 Å². The van der Waals surface area contributed by atoms with Crippen molar-refractivity contribution in [2.45, 2.75) is 65.5 Å². The lowest BCUT2D eigenvalue weighted by atomic mass is 9.73. The van der Waals surface area contributed by atoms with E-state index < -0.39 is 0 Å². The minimum Gasteiger partial charge on any atom is -0.313 e. The zero-order chi connectivity index (χ0) is 10.7. The molecule has 84 valence electrons. The molecule has 1 aliphatic carbocycles. The Kier molecular flexibility index (Phi) is 4.39. The SMILES string of the molecule is CC.CC1CC2CC(C)N(O)C(C1)C2.